The quantitative estimate of drug-likeness (QED) is 0.620. The molecule has 0 aliphatic heterocycles. The Kier molecular flexibility index (Phi) is 7.35. The number of ketones is 1. The Morgan fingerprint density at radius 1 is 1.05 bits per heavy atom. The van der Waals surface area contributed by atoms with Gasteiger partial charge in [-0.05, 0) is 30.2 Å². The fraction of sp³-hybridized carbons (Fsp3) is 0.579. The van der Waals surface area contributed by atoms with E-state index in [1.807, 2.05) is 30.3 Å². The number of Topliss-reactive ketones (excluding diaryl/α,β-unsaturated/α-hetero) is 1. The number of benzene rings is 1. The number of rotatable bonds is 9. The smallest absolute Gasteiger partial charge is 0.137 e. The third kappa shape index (κ3) is 5.82. The minimum Gasteiger partial charge on any atom is -0.303 e. The Balaban J connectivity index is 2.93. The molecule has 1 aromatic carbocycles. The SMILES string of the molecule is CC(C)CCC(=O)C(CC(C)C)C(C=O)c1ccccc1. The molecule has 0 radical (unpaired) electrons. The van der Waals surface area contributed by atoms with Crippen molar-refractivity contribution in [1.29, 1.82) is 0 Å². The maximum atomic E-state index is 12.6. The van der Waals surface area contributed by atoms with Crippen molar-refractivity contribution in [2.45, 2.75) is 52.9 Å². The number of hydrogen-bond acceptors (Lipinski definition) is 2. The summed E-state index contributed by atoms with van der Waals surface area (Å²) in [5, 5.41) is 0. The van der Waals surface area contributed by atoms with Crippen LogP contribution >= 0.6 is 0 Å². The van der Waals surface area contributed by atoms with E-state index in [1.165, 1.54) is 0 Å². The van der Waals surface area contributed by atoms with E-state index in [1.54, 1.807) is 0 Å². The van der Waals surface area contributed by atoms with Gasteiger partial charge in [-0.3, -0.25) is 4.79 Å². The van der Waals surface area contributed by atoms with Gasteiger partial charge in [-0.1, -0.05) is 58.0 Å². The lowest BCUT2D eigenvalue weighted by Gasteiger charge is -2.24. The van der Waals surface area contributed by atoms with Gasteiger partial charge in [0, 0.05) is 18.3 Å². The van der Waals surface area contributed by atoms with Crippen LogP contribution in [-0.2, 0) is 9.59 Å². The third-order valence-electron chi connectivity index (χ3n) is 3.87. The van der Waals surface area contributed by atoms with Crippen LogP contribution in [0.15, 0.2) is 30.3 Å². The Hall–Kier alpha value is -1.44. The monoisotopic (exact) mass is 288 g/mol. The molecule has 0 N–H and O–H groups in total. The van der Waals surface area contributed by atoms with Gasteiger partial charge in [-0.15, -0.1) is 0 Å². The van der Waals surface area contributed by atoms with E-state index in [9.17, 15) is 9.59 Å². The van der Waals surface area contributed by atoms with Crippen molar-refractivity contribution in [3.8, 4) is 0 Å². The van der Waals surface area contributed by atoms with Gasteiger partial charge in [-0.2, -0.15) is 0 Å². The molecule has 1 rings (SSSR count). The molecule has 2 unspecified atom stereocenters. The van der Waals surface area contributed by atoms with Crippen LogP contribution in [0.1, 0.15) is 58.4 Å². The summed E-state index contributed by atoms with van der Waals surface area (Å²) in [6, 6.07) is 9.68. The molecule has 1 aromatic rings. The van der Waals surface area contributed by atoms with Gasteiger partial charge in [0.15, 0.2) is 0 Å². The topological polar surface area (TPSA) is 34.1 Å². The summed E-state index contributed by atoms with van der Waals surface area (Å²) in [7, 11) is 0. The van der Waals surface area contributed by atoms with Crippen molar-refractivity contribution in [3.63, 3.8) is 0 Å². The number of hydrogen-bond donors (Lipinski definition) is 0. The Morgan fingerprint density at radius 3 is 2.14 bits per heavy atom. The van der Waals surface area contributed by atoms with Crippen LogP contribution < -0.4 is 0 Å². The van der Waals surface area contributed by atoms with Crippen molar-refractivity contribution < 1.29 is 9.59 Å². The predicted octanol–water partition coefficient (Wildman–Crippen LogP) is 4.64. The highest BCUT2D eigenvalue weighted by Crippen LogP contribution is 2.30. The highest BCUT2D eigenvalue weighted by atomic mass is 16.1. The summed E-state index contributed by atoms with van der Waals surface area (Å²) < 4.78 is 0. The van der Waals surface area contributed by atoms with Crippen molar-refractivity contribution in [2.24, 2.45) is 17.8 Å². The lowest BCUT2D eigenvalue weighted by atomic mass is 9.78. The van der Waals surface area contributed by atoms with Crippen LogP contribution in [0.2, 0.25) is 0 Å². The zero-order chi connectivity index (χ0) is 15.8. The molecule has 0 spiro atoms. The number of aldehydes is 1. The standard InChI is InChI=1S/C19H28O2/c1-14(2)10-11-19(21)17(12-15(3)4)18(13-20)16-8-6-5-7-9-16/h5-9,13-15,17-18H,10-12H2,1-4H3. The lowest BCUT2D eigenvalue weighted by Crippen LogP contribution is -2.25. The molecule has 0 fully saturated rings. The van der Waals surface area contributed by atoms with E-state index in [4.69, 9.17) is 0 Å². The fourth-order valence-electron chi connectivity index (χ4n) is 2.68. The molecule has 0 saturated carbocycles. The van der Waals surface area contributed by atoms with Crippen LogP contribution in [0.25, 0.3) is 0 Å². The van der Waals surface area contributed by atoms with Crippen LogP contribution in [0.5, 0.6) is 0 Å². The summed E-state index contributed by atoms with van der Waals surface area (Å²) in [4.78, 5) is 24.2. The molecule has 2 heteroatoms. The first-order valence-electron chi connectivity index (χ1n) is 7.98. The maximum Gasteiger partial charge on any atom is 0.137 e. The Morgan fingerprint density at radius 2 is 1.67 bits per heavy atom. The second kappa shape index (κ2) is 8.76. The molecule has 0 bridgehead atoms. The van der Waals surface area contributed by atoms with E-state index in [0.29, 0.717) is 18.3 Å². The van der Waals surface area contributed by atoms with Crippen LogP contribution in [0, 0.1) is 17.8 Å². The fourth-order valence-corrected chi connectivity index (χ4v) is 2.68. The first kappa shape index (κ1) is 17.6. The van der Waals surface area contributed by atoms with E-state index >= 15 is 0 Å². The summed E-state index contributed by atoms with van der Waals surface area (Å²) in [5.41, 5.74) is 0.955. The first-order valence-corrected chi connectivity index (χ1v) is 7.98. The van der Waals surface area contributed by atoms with Gasteiger partial charge < -0.3 is 4.79 Å². The molecule has 0 saturated heterocycles. The van der Waals surface area contributed by atoms with E-state index in [0.717, 1.165) is 24.7 Å². The average molecular weight is 288 g/mol. The molecule has 0 heterocycles. The normalized spacial score (nSPS) is 14.2. The molecule has 0 aliphatic carbocycles. The number of carbonyl (C=O) groups excluding carboxylic acids is 2. The van der Waals surface area contributed by atoms with E-state index < -0.39 is 0 Å². The first-order chi connectivity index (χ1) is 9.95. The summed E-state index contributed by atoms with van der Waals surface area (Å²) >= 11 is 0. The van der Waals surface area contributed by atoms with Gasteiger partial charge in [0.25, 0.3) is 0 Å². The third-order valence-corrected chi connectivity index (χ3v) is 3.87. The Bertz CT molecular complexity index is 434. The van der Waals surface area contributed by atoms with Gasteiger partial charge in [0.05, 0.1) is 0 Å². The number of carbonyl (C=O) groups is 2. The highest BCUT2D eigenvalue weighted by Gasteiger charge is 2.29. The molecule has 116 valence electrons. The summed E-state index contributed by atoms with van der Waals surface area (Å²) in [5.74, 6) is 0.652. The molecular weight excluding hydrogens is 260 g/mol. The van der Waals surface area contributed by atoms with E-state index in [-0.39, 0.29) is 17.6 Å². The zero-order valence-electron chi connectivity index (χ0n) is 13.7. The largest absolute Gasteiger partial charge is 0.303 e. The zero-order valence-corrected chi connectivity index (χ0v) is 13.7. The molecule has 0 aromatic heterocycles. The lowest BCUT2D eigenvalue weighted by molar-refractivity contribution is -0.126. The minimum atomic E-state index is -0.312. The minimum absolute atomic E-state index is 0.191. The molecule has 2 atom stereocenters. The molecule has 0 amide bonds. The van der Waals surface area contributed by atoms with Gasteiger partial charge in [-0.25, -0.2) is 0 Å². The van der Waals surface area contributed by atoms with Gasteiger partial charge in [0.2, 0.25) is 0 Å². The molecular formula is C19H28O2. The molecule has 0 aliphatic rings. The van der Waals surface area contributed by atoms with Gasteiger partial charge >= 0.3 is 0 Å². The van der Waals surface area contributed by atoms with Crippen molar-refractivity contribution >= 4 is 12.1 Å². The molecule has 2 nitrogen and oxygen atoms in total. The van der Waals surface area contributed by atoms with Gasteiger partial charge in [0.1, 0.15) is 12.1 Å². The van der Waals surface area contributed by atoms with Crippen molar-refractivity contribution in [1.82, 2.24) is 0 Å². The van der Waals surface area contributed by atoms with E-state index in [2.05, 4.69) is 27.7 Å². The second-order valence-corrected chi connectivity index (χ2v) is 6.71. The maximum absolute atomic E-state index is 12.6. The van der Waals surface area contributed by atoms with Crippen LogP contribution in [-0.4, -0.2) is 12.1 Å². The highest BCUT2D eigenvalue weighted by molar-refractivity contribution is 5.85. The average Bonchev–Trinajstić information content (AvgIpc) is 2.45. The predicted molar refractivity (Wildman–Crippen MR) is 87.3 cm³/mol. The molecule has 21 heavy (non-hydrogen) atoms. The van der Waals surface area contributed by atoms with Crippen molar-refractivity contribution in [2.75, 3.05) is 0 Å². The summed E-state index contributed by atoms with van der Waals surface area (Å²) in [6.07, 6.45) is 3.20. The van der Waals surface area contributed by atoms with Crippen molar-refractivity contribution in [3.05, 3.63) is 35.9 Å². The second-order valence-electron chi connectivity index (χ2n) is 6.71. The van der Waals surface area contributed by atoms with Crippen LogP contribution in [0.3, 0.4) is 0 Å². The Labute approximate surface area is 128 Å². The van der Waals surface area contributed by atoms with Crippen LogP contribution in [0.4, 0.5) is 0 Å². The summed E-state index contributed by atoms with van der Waals surface area (Å²) in [6.45, 7) is 8.46.